The summed E-state index contributed by atoms with van der Waals surface area (Å²) in [5.41, 5.74) is 7.02. The van der Waals surface area contributed by atoms with Crippen LogP contribution in [0.15, 0.2) is 16.7 Å². The quantitative estimate of drug-likeness (QED) is 0.808. The second kappa shape index (κ2) is 4.68. The topological polar surface area (TPSA) is 42.1 Å². The Hall–Kier alpha value is -0.320. The van der Waals surface area contributed by atoms with E-state index in [4.69, 9.17) is 17.3 Å². The summed E-state index contributed by atoms with van der Waals surface area (Å²) in [4.78, 5) is 6.37. The molecular formula is C10H13BrClN3. The van der Waals surface area contributed by atoms with Gasteiger partial charge >= 0.3 is 0 Å². The Morgan fingerprint density at radius 2 is 2.40 bits per heavy atom. The molecule has 0 amide bonds. The Kier molecular flexibility index (Phi) is 3.49. The Bertz CT molecular complexity index is 359. The highest BCUT2D eigenvalue weighted by Crippen LogP contribution is 2.26. The Labute approximate surface area is 103 Å². The number of aromatic nitrogens is 1. The molecule has 1 aromatic rings. The van der Waals surface area contributed by atoms with Gasteiger partial charge in [-0.2, -0.15) is 0 Å². The largest absolute Gasteiger partial charge is 0.369 e. The number of halogens is 2. The highest BCUT2D eigenvalue weighted by Gasteiger charge is 2.17. The molecule has 0 spiro atoms. The van der Waals surface area contributed by atoms with Crippen molar-refractivity contribution in [2.24, 2.45) is 5.73 Å². The van der Waals surface area contributed by atoms with Crippen LogP contribution in [0.5, 0.6) is 0 Å². The molecule has 2 heterocycles. The first-order valence-corrected chi connectivity index (χ1v) is 6.15. The van der Waals surface area contributed by atoms with Gasteiger partial charge in [-0.05, 0) is 34.8 Å². The molecule has 1 saturated heterocycles. The maximum Gasteiger partial charge on any atom is 0.143 e. The van der Waals surface area contributed by atoms with Crippen LogP contribution in [0, 0.1) is 0 Å². The second-order valence-electron chi connectivity index (χ2n) is 3.81. The zero-order chi connectivity index (χ0) is 10.8. The van der Waals surface area contributed by atoms with E-state index in [2.05, 4.69) is 25.8 Å². The summed E-state index contributed by atoms with van der Waals surface area (Å²) < 4.78 is 0.834. The van der Waals surface area contributed by atoms with Crippen molar-refractivity contribution in [1.29, 1.82) is 0 Å². The fraction of sp³-hybridized carbons (Fsp3) is 0.500. The van der Waals surface area contributed by atoms with Crippen molar-refractivity contribution in [2.45, 2.75) is 18.9 Å². The molecule has 0 saturated carbocycles. The normalized spacial score (nSPS) is 21.8. The van der Waals surface area contributed by atoms with Crippen LogP contribution < -0.4 is 10.6 Å². The van der Waals surface area contributed by atoms with Gasteiger partial charge in [-0.1, -0.05) is 11.6 Å². The lowest BCUT2D eigenvalue weighted by Gasteiger charge is -2.32. The van der Waals surface area contributed by atoms with Gasteiger partial charge in [0.2, 0.25) is 0 Å². The highest BCUT2D eigenvalue weighted by atomic mass is 79.9. The maximum atomic E-state index is 5.93. The smallest absolute Gasteiger partial charge is 0.143 e. The number of nitrogens with two attached hydrogens (primary N) is 1. The lowest BCUT2D eigenvalue weighted by atomic mass is 10.1. The van der Waals surface area contributed by atoms with Crippen LogP contribution in [0.2, 0.25) is 5.15 Å². The van der Waals surface area contributed by atoms with Gasteiger partial charge in [-0.3, -0.25) is 0 Å². The molecule has 2 N–H and O–H groups in total. The first kappa shape index (κ1) is 11.2. The van der Waals surface area contributed by atoms with Gasteiger partial charge in [-0.25, -0.2) is 4.98 Å². The molecule has 1 atom stereocenters. The molecule has 5 heteroatoms. The summed E-state index contributed by atoms with van der Waals surface area (Å²) >= 11 is 9.22. The zero-order valence-corrected chi connectivity index (χ0v) is 10.6. The Morgan fingerprint density at radius 3 is 3.07 bits per heavy atom. The fourth-order valence-electron chi connectivity index (χ4n) is 1.83. The first-order valence-electron chi connectivity index (χ1n) is 4.98. The van der Waals surface area contributed by atoms with Crippen LogP contribution in [-0.4, -0.2) is 24.1 Å². The minimum Gasteiger partial charge on any atom is -0.369 e. The van der Waals surface area contributed by atoms with Crippen molar-refractivity contribution in [3.05, 3.63) is 21.9 Å². The van der Waals surface area contributed by atoms with E-state index >= 15 is 0 Å². The number of nitrogens with zero attached hydrogens (tertiary/aromatic N) is 2. The number of anilines is 1. The molecule has 0 bridgehead atoms. The lowest BCUT2D eigenvalue weighted by molar-refractivity contribution is 0.506. The minimum atomic E-state index is 0.271. The van der Waals surface area contributed by atoms with E-state index in [-0.39, 0.29) is 6.04 Å². The molecule has 1 aromatic heterocycles. The molecule has 15 heavy (non-hydrogen) atoms. The lowest BCUT2D eigenvalue weighted by Crippen LogP contribution is -2.42. The van der Waals surface area contributed by atoms with Gasteiger partial charge in [0.15, 0.2) is 0 Å². The molecule has 0 aromatic carbocycles. The van der Waals surface area contributed by atoms with Crippen LogP contribution in [0.1, 0.15) is 12.8 Å². The first-order chi connectivity index (χ1) is 7.16. The van der Waals surface area contributed by atoms with Gasteiger partial charge in [0, 0.05) is 19.1 Å². The number of hydrogen-bond acceptors (Lipinski definition) is 3. The van der Waals surface area contributed by atoms with Crippen LogP contribution in [-0.2, 0) is 0 Å². The summed E-state index contributed by atoms with van der Waals surface area (Å²) in [5.74, 6) is 0. The monoisotopic (exact) mass is 289 g/mol. The number of rotatable bonds is 1. The maximum absolute atomic E-state index is 5.93. The van der Waals surface area contributed by atoms with Crippen molar-refractivity contribution in [1.82, 2.24) is 4.98 Å². The van der Waals surface area contributed by atoms with Crippen molar-refractivity contribution < 1.29 is 0 Å². The average molecular weight is 291 g/mol. The average Bonchev–Trinajstić information content (AvgIpc) is 2.22. The summed E-state index contributed by atoms with van der Waals surface area (Å²) in [6.45, 7) is 1.94. The summed E-state index contributed by atoms with van der Waals surface area (Å²) in [7, 11) is 0. The Balaban J connectivity index is 2.18. The standard InChI is InChI=1S/C10H13BrClN3/c11-9-4-8(5-14-10(9)12)15-3-1-2-7(13)6-15/h4-5,7H,1-3,6,13H2/t7-/m1/s1. The highest BCUT2D eigenvalue weighted by molar-refractivity contribution is 9.10. The molecule has 3 nitrogen and oxygen atoms in total. The van der Waals surface area contributed by atoms with E-state index in [1.54, 1.807) is 6.20 Å². The predicted molar refractivity (Wildman–Crippen MR) is 66.4 cm³/mol. The number of hydrogen-bond donors (Lipinski definition) is 1. The molecule has 0 unspecified atom stereocenters. The molecule has 1 aliphatic rings. The third-order valence-electron chi connectivity index (χ3n) is 2.60. The van der Waals surface area contributed by atoms with Crippen LogP contribution in [0.3, 0.4) is 0 Å². The van der Waals surface area contributed by atoms with E-state index in [0.717, 1.165) is 36.1 Å². The van der Waals surface area contributed by atoms with E-state index < -0.39 is 0 Å². The number of piperidine rings is 1. The third-order valence-corrected chi connectivity index (χ3v) is 3.74. The predicted octanol–water partition coefficient (Wildman–Crippen LogP) is 2.43. The molecule has 82 valence electrons. The summed E-state index contributed by atoms with van der Waals surface area (Å²) in [6.07, 6.45) is 4.05. The van der Waals surface area contributed by atoms with Gasteiger partial charge in [-0.15, -0.1) is 0 Å². The SMILES string of the molecule is N[C@@H]1CCCN(c2cnc(Cl)c(Br)c2)C1. The van der Waals surface area contributed by atoms with Crippen molar-refractivity contribution in [3.63, 3.8) is 0 Å². The molecule has 1 aliphatic heterocycles. The Morgan fingerprint density at radius 1 is 1.60 bits per heavy atom. The fourth-order valence-corrected chi connectivity index (χ4v) is 2.27. The zero-order valence-electron chi connectivity index (χ0n) is 8.29. The van der Waals surface area contributed by atoms with Crippen molar-refractivity contribution in [2.75, 3.05) is 18.0 Å². The summed E-state index contributed by atoms with van der Waals surface area (Å²) in [5, 5.41) is 0.500. The van der Waals surface area contributed by atoms with Gasteiger partial charge in [0.05, 0.1) is 16.4 Å². The van der Waals surface area contributed by atoms with Crippen LogP contribution in [0.25, 0.3) is 0 Å². The second-order valence-corrected chi connectivity index (χ2v) is 5.03. The van der Waals surface area contributed by atoms with Gasteiger partial charge < -0.3 is 10.6 Å². The van der Waals surface area contributed by atoms with Gasteiger partial charge in [0.1, 0.15) is 5.15 Å². The minimum absolute atomic E-state index is 0.271. The van der Waals surface area contributed by atoms with Crippen LogP contribution in [0.4, 0.5) is 5.69 Å². The van der Waals surface area contributed by atoms with E-state index in [1.165, 1.54) is 0 Å². The third kappa shape index (κ3) is 2.62. The van der Waals surface area contributed by atoms with E-state index in [1.807, 2.05) is 6.07 Å². The summed E-state index contributed by atoms with van der Waals surface area (Å²) in [6, 6.07) is 2.26. The number of pyridine rings is 1. The van der Waals surface area contributed by atoms with E-state index in [9.17, 15) is 0 Å². The van der Waals surface area contributed by atoms with Gasteiger partial charge in [0.25, 0.3) is 0 Å². The molecular weight excluding hydrogens is 277 g/mol. The van der Waals surface area contributed by atoms with Crippen molar-refractivity contribution >= 4 is 33.2 Å². The van der Waals surface area contributed by atoms with Crippen molar-refractivity contribution in [3.8, 4) is 0 Å². The molecule has 2 rings (SSSR count). The molecule has 0 radical (unpaired) electrons. The molecule has 0 aliphatic carbocycles. The molecule has 1 fully saturated rings. The van der Waals surface area contributed by atoms with Crippen LogP contribution >= 0.6 is 27.5 Å². The van der Waals surface area contributed by atoms with E-state index in [0.29, 0.717) is 5.15 Å².